The number of carbonyl (C=O) groups excluding carboxylic acids is 6. The summed E-state index contributed by atoms with van der Waals surface area (Å²) < 4.78 is 10.3. The molecule has 3 N–H and O–H groups in total. The number of nitrogens with one attached hydrogen (secondary N) is 3. The van der Waals surface area contributed by atoms with Gasteiger partial charge in [0.25, 0.3) is 0 Å². The van der Waals surface area contributed by atoms with E-state index in [4.69, 9.17) is 9.47 Å². The number of ether oxygens (including phenoxy) is 2. The second-order valence-electron chi connectivity index (χ2n) is 9.66. The van der Waals surface area contributed by atoms with Gasteiger partial charge in [0.1, 0.15) is 17.3 Å². The molecule has 0 aromatic heterocycles. The van der Waals surface area contributed by atoms with Gasteiger partial charge in [-0.25, -0.2) is 0 Å². The Bertz CT molecular complexity index is 619. The van der Waals surface area contributed by atoms with Crippen LogP contribution in [0.2, 0.25) is 0 Å². The third-order valence-corrected chi connectivity index (χ3v) is 4.49. The van der Waals surface area contributed by atoms with Crippen LogP contribution in [0.3, 0.4) is 0 Å². The second kappa shape index (κ2) is 98.1. The average molecular weight is 792 g/mol. The molecule has 0 saturated heterocycles. The summed E-state index contributed by atoms with van der Waals surface area (Å²) in [6, 6.07) is 0. The minimum absolute atomic E-state index is 0. The number of hydrogen-bond acceptors (Lipinski definition) is 8. The van der Waals surface area contributed by atoms with Gasteiger partial charge in [0.2, 0.25) is 17.7 Å². The van der Waals surface area contributed by atoms with Crippen molar-refractivity contribution in [2.75, 3.05) is 46.6 Å². The average Bonchev–Trinajstić information content (AvgIpc) is 3.05. The Morgan fingerprint density at radius 1 is 0.426 bits per heavy atom. The van der Waals surface area contributed by atoms with Gasteiger partial charge in [-0.1, -0.05) is 113 Å². The lowest BCUT2D eigenvalue weighted by Crippen LogP contribution is -2.24. The highest BCUT2D eigenvalue weighted by Crippen LogP contribution is 1.93. The van der Waals surface area contributed by atoms with Crippen molar-refractivity contribution in [2.45, 2.75) is 206 Å². The Morgan fingerprint density at radius 3 is 0.944 bits per heavy atom. The molecule has 0 heterocycles. The minimum atomic E-state index is 0. The first kappa shape index (κ1) is 93.3. The molecule has 0 unspecified atom stereocenters. The summed E-state index contributed by atoms with van der Waals surface area (Å²) in [5.74, 6) is 0.874. The molecule has 0 aromatic rings. The molecule has 3 amide bonds. The van der Waals surface area contributed by atoms with Gasteiger partial charge in [-0.15, -0.1) is 0 Å². The van der Waals surface area contributed by atoms with Gasteiger partial charge < -0.3 is 39.8 Å². The normalized spacial score (nSPS) is 7.33. The predicted molar refractivity (Wildman–Crippen MR) is 244 cm³/mol. The van der Waals surface area contributed by atoms with Crippen molar-refractivity contribution in [1.82, 2.24) is 16.0 Å². The molecule has 0 radical (unpaired) electrons. The van der Waals surface area contributed by atoms with Gasteiger partial charge in [0.15, 0.2) is 0 Å². The van der Waals surface area contributed by atoms with Crippen LogP contribution in [0.25, 0.3) is 0 Å². The molecule has 0 aromatic carbocycles. The van der Waals surface area contributed by atoms with Crippen molar-refractivity contribution in [1.29, 1.82) is 0 Å². The summed E-state index contributed by atoms with van der Waals surface area (Å²) in [5.41, 5.74) is 0. The van der Waals surface area contributed by atoms with Crippen molar-refractivity contribution in [3.05, 3.63) is 0 Å². The zero-order valence-corrected chi connectivity index (χ0v) is 34.4. The number of ketones is 3. The van der Waals surface area contributed by atoms with Crippen molar-refractivity contribution in [2.24, 2.45) is 0 Å². The molecule has 0 rings (SSSR count). The highest BCUT2D eigenvalue weighted by atomic mass is 16.5. The van der Waals surface area contributed by atoms with E-state index in [-0.39, 0.29) is 73.8 Å². The Balaban J connectivity index is -0.0000000289. The number of unbranched alkanes of at least 4 members (excludes halogenated alkanes) is 1. The molecule has 0 atom stereocenters. The summed E-state index contributed by atoms with van der Waals surface area (Å²) >= 11 is 0. The van der Waals surface area contributed by atoms with Gasteiger partial charge in [-0.3, -0.25) is 14.4 Å². The highest BCUT2D eigenvalue weighted by Gasteiger charge is 1.92. The first-order valence-electron chi connectivity index (χ1n) is 17.9. The topological polar surface area (TPSA) is 157 Å². The van der Waals surface area contributed by atoms with E-state index in [2.05, 4.69) is 36.7 Å². The van der Waals surface area contributed by atoms with Crippen molar-refractivity contribution < 1.29 is 38.2 Å². The maximum absolute atomic E-state index is 10.4. The second-order valence-corrected chi connectivity index (χ2v) is 9.66. The zero-order valence-electron chi connectivity index (χ0n) is 34.4. The van der Waals surface area contributed by atoms with E-state index in [1.807, 2.05) is 41.5 Å². The summed E-state index contributed by atoms with van der Waals surface area (Å²) in [6.07, 6.45) is 8.23. The number of Topliss-reactive ketones (excluding diaryl/α,β-unsaturated/α-hetero) is 3. The number of rotatable bonds is 17. The van der Waals surface area contributed by atoms with Gasteiger partial charge in [-0.2, -0.15) is 0 Å². The molecular formula is C43H105N3O8. The number of hydrogen-bond donors (Lipinski definition) is 3. The number of carbonyl (C=O) groups is 6. The van der Waals surface area contributed by atoms with Gasteiger partial charge >= 0.3 is 0 Å². The standard InChI is InChI=1S/C8H16O2.C7H15NO2.C6H12O.C5H11NO.C4H8O.C3H7NO.2C2H6.6CH4/c1-3-6-10-7-4-5-8(2)9;1-3-5-10-6-4-8-7(2)9;1-3-4-5-6(2)7;1-3-4-6-5(2)7;1-3-4(2)5;1-3(5)4-2;2*1-2;;;;;;/h3-7H2,1-2H3;3-6H2,1-2H3,(H,8,9);3-5H2,1-2H3;3-4H2,1-2H3,(H,6,7);3H2,1-2H3;1-2H3,(H,4,5);2*1-2H3;6*1H4. The van der Waals surface area contributed by atoms with Crippen LogP contribution in [0.1, 0.15) is 206 Å². The Hall–Kier alpha value is -2.66. The molecule has 0 aliphatic heterocycles. The summed E-state index contributed by atoms with van der Waals surface area (Å²) in [7, 11) is 1.60. The van der Waals surface area contributed by atoms with E-state index in [9.17, 15) is 28.8 Å². The molecule has 0 bridgehead atoms. The van der Waals surface area contributed by atoms with Gasteiger partial charge in [0.05, 0.1) is 6.61 Å². The zero-order chi connectivity index (χ0) is 39.6. The predicted octanol–water partition coefficient (Wildman–Crippen LogP) is 11.2. The van der Waals surface area contributed by atoms with Crippen molar-refractivity contribution in [3.8, 4) is 0 Å². The van der Waals surface area contributed by atoms with Crippen LogP contribution in [0.15, 0.2) is 0 Å². The van der Waals surface area contributed by atoms with Crippen molar-refractivity contribution >= 4 is 35.1 Å². The number of amides is 3. The van der Waals surface area contributed by atoms with Crippen LogP contribution in [0.4, 0.5) is 0 Å². The van der Waals surface area contributed by atoms with E-state index in [0.29, 0.717) is 31.8 Å². The summed E-state index contributed by atoms with van der Waals surface area (Å²) in [4.78, 5) is 60.5. The van der Waals surface area contributed by atoms with Crippen LogP contribution in [-0.4, -0.2) is 81.6 Å². The SMILES string of the molecule is C.C.C.C.C.C.CC.CC.CCC(C)=O.CCCCC(C)=O.CCCNC(C)=O.CCCOCCCC(C)=O.CCCOCCNC(C)=O.CNC(C)=O. The Kier molecular flexibility index (Phi) is 170. The molecule has 54 heavy (non-hydrogen) atoms. The van der Waals surface area contributed by atoms with Crippen molar-refractivity contribution in [3.63, 3.8) is 0 Å². The lowest BCUT2D eigenvalue weighted by Gasteiger charge is -2.01. The molecule has 0 aliphatic carbocycles. The molecule has 0 spiro atoms. The van der Waals surface area contributed by atoms with Crippen LogP contribution < -0.4 is 16.0 Å². The van der Waals surface area contributed by atoms with E-state index < -0.39 is 0 Å². The first-order chi connectivity index (χ1) is 22.6. The maximum Gasteiger partial charge on any atom is 0.216 e. The highest BCUT2D eigenvalue weighted by molar-refractivity contribution is 5.76. The minimum Gasteiger partial charge on any atom is -0.381 e. The summed E-state index contributed by atoms with van der Waals surface area (Å²) in [5, 5.41) is 7.69. The van der Waals surface area contributed by atoms with Crippen LogP contribution in [-0.2, 0) is 38.2 Å². The third kappa shape index (κ3) is 212. The largest absolute Gasteiger partial charge is 0.381 e. The van der Waals surface area contributed by atoms with Gasteiger partial charge in [0, 0.05) is 80.0 Å². The molecule has 0 aliphatic rings. The van der Waals surface area contributed by atoms with E-state index in [1.54, 1.807) is 27.8 Å². The molecule has 340 valence electrons. The molecular weight excluding hydrogens is 686 g/mol. The first-order valence-corrected chi connectivity index (χ1v) is 17.9. The quantitative estimate of drug-likeness (QED) is 0.123. The van der Waals surface area contributed by atoms with Crippen LogP contribution in [0.5, 0.6) is 0 Å². The smallest absolute Gasteiger partial charge is 0.216 e. The fraction of sp³-hybridized carbons (Fsp3) is 0.860. The molecule has 0 saturated carbocycles. The summed E-state index contributed by atoms with van der Waals surface area (Å²) in [6.45, 7) is 31.8. The van der Waals surface area contributed by atoms with Gasteiger partial charge in [-0.05, 0) is 52.9 Å². The lowest BCUT2D eigenvalue weighted by molar-refractivity contribution is -0.119. The fourth-order valence-electron chi connectivity index (χ4n) is 1.94. The Labute approximate surface area is 341 Å². The van der Waals surface area contributed by atoms with E-state index in [0.717, 1.165) is 71.3 Å². The fourth-order valence-corrected chi connectivity index (χ4v) is 1.94. The van der Waals surface area contributed by atoms with Crippen LogP contribution in [0, 0.1) is 0 Å². The third-order valence-electron chi connectivity index (χ3n) is 4.49. The van der Waals surface area contributed by atoms with E-state index in [1.165, 1.54) is 20.8 Å². The molecule has 11 heteroatoms. The maximum atomic E-state index is 10.4. The van der Waals surface area contributed by atoms with E-state index >= 15 is 0 Å². The van der Waals surface area contributed by atoms with Crippen LogP contribution >= 0.6 is 0 Å². The Morgan fingerprint density at radius 2 is 0.741 bits per heavy atom. The monoisotopic (exact) mass is 792 g/mol. The molecule has 0 fully saturated rings. The molecule has 11 nitrogen and oxygen atoms in total. The lowest BCUT2D eigenvalue weighted by atomic mass is 10.2.